The zero-order valence-electron chi connectivity index (χ0n) is 13.4. The van der Waals surface area contributed by atoms with E-state index in [-0.39, 0.29) is 17.9 Å². The molecule has 1 heterocycles. The molecule has 0 aromatic heterocycles. The summed E-state index contributed by atoms with van der Waals surface area (Å²) in [6.45, 7) is 6.26. The number of amides is 2. The molecule has 1 unspecified atom stereocenters. The highest BCUT2D eigenvalue weighted by molar-refractivity contribution is 5.93. The second-order valence-corrected chi connectivity index (χ2v) is 5.67. The first-order valence-electron chi connectivity index (χ1n) is 7.54. The Morgan fingerprint density at radius 1 is 1.32 bits per heavy atom. The minimum Gasteiger partial charge on any atom is -0.358 e. The van der Waals surface area contributed by atoms with E-state index in [0.29, 0.717) is 19.6 Å². The Hall–Kier alpha value is -1.92. The third-order valence-corrected chi connectivity index (χ3v) is 3.94. The van der Waals surface area contributed by atoms with Crippen LogP contribution in [-0.4, -0.2) is 56.0 Å². The summed E-state index contributed by atoms with van der Waals surface area (Å²) in [4.78, 5) is 25.9. The van der Waals surface area contributed by atoms with E-state index in [1.807, 2.05) is 36.9 Å². The van der Waals surface area contributed by atoms with Crippen molar-refractivity contribution in [3.8, 4) is 0 Å². The number of para-hydroxylation sites is 1. The monoisotopic (exact) mass is 304 g/mol. The first kappa shape index (κ1) is 16.5. The highest BCUT2D eigenvalue weighted by atomic mass is 16.2. The Labute approximate surface area is 131 Å². The predicted octanol–water partition coefficient (Wildman–Crippen LogP) is 0.262. The maximum Gasteiger partial charge on any atom is 0.238 e. The van der Waals surface area contributed by atoms with Gasteiger partial charge in [-0.1, -0.05) is 18.2 Å². The van der Waals surface area contributed by atoms with Crippen LogP contribution in [0, 0.1) is 13.8 Å². The topological polar surface area (TPSA) is 73.5 Å². The van der Waals surface area contributed by atoms with Gasteiger partial charge in [0.25, 0.3) is 0 Å². The van der Waals surface area contributed by atoms with E-state index in [1.165, 1.54) is 0 Å². The van der Waals surface area contributed by atoms with Crippen LogP contribution in [0.2, 0.25) is 0 Å². The number of benzene rings is 1. The number of hydrogen-bond acceptors (Lipinski definition) is 4. The molecule has 0 aliphatic carbocycles. The fraction of sp³-hybridized carbons (Fsp3) is 0.500. The number of rotatable bonds is 4. The van der Waals surface area contributed by atoms with E-state index in [4.69, 9.17) is 0 Å². The van der Waals surface area contributed by atoms with Gasteiger partial charge in [-0.3, -0.25) is 14.5 Å². The molecular weight excluding hydrogens is 280 g/mol. The molecule has 1 aromatic rings. The number of likely N-dealkylation sites (N-methyl/N-ethyl adjacent to an activating group) is 1. The Morgan fingerprint density at radius 3 is 2.64 bits per heavy atom. The van der Waals surface area contributed by atoms with Crippen molar-refractivity contribution in [3.63, 3.8) is 0 Å². The van der Waals surface area contributed by atoms with Gasteiger partial charge in [0.2, 0.25) is 11.8 Å². The maximum atomic E-state index is 12.3. The molecule has 0 bridgehead atoms. The average molecular weight is 304 g/mol. The second kappa shape index (κ2) is 7.38. The molecule has 2 rings (SSSR count). The number of nitrogens with one attached hydrogen (secondary N) is 3. The molecule has 0 saturated carbocycles. The van der Waals surface area contributed by atoms with Crippen molar-refractivity contribution in [1.82, 2.24) is 15.5 Å². The Kier molecular flexibility index (Phi) is 5.51. The Morgan fingerprint density at radius 2 is 2.00 bits per heavy atom. The van der Waals surface area contributed by atoms with Gasteiger partial charge in [0.1, 0.15) is 0 Å². The predicted molar refractivity (Wildman–Crippen MR) is 86.8 cm³/mol. The van der Waals surface area contributed by atoms with Gasteiger partial charge in [-0.25, -0.2) is 0 Å². The smallest absolute Gasteiger partial charge is 0.238 e. The summed E-state index contributed by atoms with van der Waals surface area (Å²) in [5.41, 5.74) is 2.99. The van der Waals surface area contributed by atoms with Gasteiger partial charge >= 0.3 is 0 Å². The molecule has 1 aliphatic heterocycles. The summed E-state index contributed by atoms with van der Waals surface area (Å²) in [5, 5.41) is 8.77. The molecule has 6 heteroatoms. The molecule has 120 valence electrons. The third kappa shape index (κ3) is 4.05. The van der Waals surface area contributed by atoms with Crippen molar-refractivity contribution >= 4 is 17.5 Å². The SMILES string of the molecule is CNC(=O)C1CN(CC(=O)Nc2c(C)cccc2C)CCN1. The summed E-state index contributed by atoms with van der Waals surface area (Å²) in [5.74, 6) is -0.0881. The molecule has 1 saturated heterocycles. The normalized spacial score (nSPS) is 18.8. The fourth-order valence-electron chi connectivity index (χ4n) is 2.70. The molecule has 2 amide bonds. The molecule has 22 heavy (non-hydrogen) atoms. The van der Waals surface area contributed by atoms with Crippen LogP contribution < -0.4 is 16.0 Å². The summed E-state index contributed by atoms with van der Waals surface area (Å²) >= 11 is 0. The number of nitrogens with zero attached hydrogens (tertiary/aromatic N) is 1. The van der Waals surface area contributed by atoms with Gasteiger partial charge in [-0.15, -0.1) is 0 Å². The van der Waals surface area contributed by atoms with E-state index < -0.39 is 0 Å². The van der Waals surface area contributed by atoms with E-state index in [1.54, 1.807) is 7.05 Å². The van der Waals surface area contributed by atoms with Gasteiger partial charge in [0.05, 0.1) is 12.6 Å². The van der Waals surface area contributed by atoms with Gasteiger partial charge < -0.3 is 16.0 Å². The summed E-state index contributed by atoms with van der Waals surface area (Å²) < 4.78 is 0. The summed E-state index contributed by atoms with van der Waals surface area (Å²) in [7, 11) is 1.62. The lowest BCUT2D eigenvalue weighted by molar-refractivity contribution is -0.125. The van der Waals surface area contributed by atoms with Crippen molar-refractivity contribution in [3.05, 3.63) is 29.3 Å². The standard InChI is InChI=1S/C16H24N4O2/c1-11-5-4-6-12(2)15(11)19-14(21)10-20-8-7-18-13(9-20)16(22)17-3/h4-6,13,18H,7-10H2,1-3H3,(H,17,22)(H,19,21). The first-order chi connectivity index (χ1) is 10.5. The van der Waals surface area contributed by atoms with E-state index in [2.05, 4.69) is 16.0 Å². The van der Waals surface area contributed by atoms with Crippen molar-refractivity contribution < 1.29 is 9.59 Å². The van der Waals surface area contributed by atoms with Crippen LogP contribution in [0.1, 0.15) is 11.1 Å². The van der Waals surface area contributed by atoms with Crippen molar-refractivity contribution in [1.29, 1.82) is 0 Å². The number of aryl methyl sites for hydroxylation is 2. The van der Waals surface area contributed by atoms with Gasteiger partial charge in [0.15, 0.2) is 0 Å². The molecule has 1 fully saturated rings. The third-order valence-electron chi connectivity index (χ3n) is 3.94. The van der Waals surface area contributed by atoms with E-state index in [9.17, 15) is 9.59 Å². The van der Waals surface area contributed by atoms with Gasteiger partial charge in [-0.05, 0) is 25.0 Å². The molecule has 1 atom stereocenters. The van der Waals surface area contributed by atoms with Crippen LogP contribution in [0.15, 0.2) is 18.2 Å². The summed E-state index contributed by atoms with van der Waals surface area (Å²) in [6.07, 6.45) is 0. The molecule has 0 radical (unpaired) electrons. The van der Waals surface area contributed by atoms with Gasteiger partial charge in [0, 0.05) is 32.4 Å². The molecule has 6 nitrogen and oxygen atoms in total. The lowest BCUT2D eigenvalue weighted by Crippen LogP contribution is -2.57. The summed E-state index contributed by atoms with van der Waals surface area (Å²) in [6, 6.07) is 5.68. The van der Waals surface area contributed by atoms with Crippen LogP contribution in [0.5, 0.6) is 0 Å². The van der Waals surface area contributed by atoms with Crippen LogP contribution >= 0.6 is 0 Å². The molecule has 1 aromatic carbocycles. The van der Waals surface area contributed by atoms with Crippen molar-refractivity contribution in [2.24, 2.45) is 0 Å². The first-order valence-corrected chi connectivity index (χ1v) is 7.54. The van der Waals surface area contributed by atoms with E-state index >= 15 is 0 Å². The van der Waals surface area contributed by atoms with Crippen molar-refractivity contribution in [2.75, 3.05) is 38.5 Å². The number of carbonyl (C=O) groups is 2. The van der Waals surface area contributed by atoms with Crippen LogP contribution in [-0.2, 0) is 9.59 Å². The zero-order valence-corrected chi connectivity index (χ0v) is 13.4. The average Bonchev–Trinajstić information content (AvgIpc) is 2.50. The van der Waals surface area contributed by atoms with E-state index in [0.717, 1.165) is 23.4 Å². The number of anilines is 1. The van der Waals surface area contributed by atoms with Crippen LogP contribution in [0.3, 0.4) is 0 Å². The number of piperazine rings is 1. The zero-order chi connectivity index (χ0) is 16.1. The number of carbonyl (C=O) groups excluding carboxylic acids is 2. The minimum absolute atomic E-state index is 0.0418. The quantitative estimate of drug-likeness (QED) is 0.746. The lowest BCUT2D eigenvalue weighted by Gasteiger charge is -2.32. The highest BCUT2D eigenvalue weighted by Crippen LogP contribution is 2.19. The Bertz CT molecular complexity index is 539. The fourth-order valence-corrected chi connectivity index (χ4v) is 2.70. The second-order valence-electron chi connectivity index (χ2n) is 5.67. The highest BCUT2D eigenvalue weighted by Gasteiger charge is 2.25. The largest absolute Gasteiger partial charge is 0.358 e. The molecule has 0 spiro atoms. The molecule has 3 N–H and O–H groups in total. The Balaban J connectivity index is 1.93. The van der Waals surface area contributed by atoms with Gasteiger partial charge in [-0.2, -0.15) is 0 Å². The molecule has 1 aliphatic rings. The maximum absolute atomic E-state index is 12.3. The molecular formula is C16H24N4O2. The van der Waals surface area contributed by atoms with Crippen molar-refractivity contribution in [2.45, 2.75) is 19.9 Å². The minimum atomic E-state index is -0.258. The number of hydrogen-bond donors (Lipinski definition) is 3. The van der Waals surface area contributed by atoms with Crippen LogP contribution in [0.4, 0.5) is 5.69 Å². The lowest BCUT2D eigenvalue weighted by atomic mass is 10.1. The van der Waals surface area contributed by atoms with Crippen LogP contribution in [0.25, 0.3) is 0 Å².